The summed E-state index contributed by atoms with van der Waals surface area (Å²) in [5.41, 5.74) is 1.33. The minimum atomic E-state index is 0.0915. The second kappa shape index (κ2) is 6.27. The molecule has 4 heteroatoms. The summed E-state index contributed by atoms with van der Waals surface area (Å²) in [4.78, 5) is 14.2. The Morgan fingerprint density at radius 1 is 1.20 bits per heavy atom. The van der Waals surface area contributed by atoms with E-state index in [4.69, 9.17) is 4.74 Å². The summed E-state index contributed by atoms with van der Waals surface area (Å²) < 4.78 is 5.50. The van der Waals surface area contributed by atoms with Crippen LogP contribution >= 0.6 is 0 Å². The lowest BCUT2D eigenvalue weighted by atomic mass is 10.1. The van der Waals surface area contributed by atoms with E-state index in [1.54, 1.807) is 0 Å². The lowest BCUT2D eigenvalue weighted by molar-refractivity contribution is 0.00642. The number of amides is 2. The number of rotatable bonds is 4. The van der Waals surface area contributed by atoms with Crippen LogP contribution < -0.4 is 5.32 Å². The summed E-state index contributed by atoms with van der Waals surface area (Å²) in [5.74, 6) is 0. The van der Waals surface area contributed by atoms with Gasteiger partial charge in [0.2, 0.25) is 0 Å². The number of nitrogens with one attached hydrogen (secondary N) is 1. The molecule has 2 atom stereocenters. The van der Waals surface area contributed by atoms with E-state index in [1.165, 1.54) is 5.56 Å². The zero-order valence-electron chi connectivity index (χ0n) is 11.8. The minimum Gasteiger partial charge on any atom is -0.377 e. The molecular formula is C16H22N2O2. The van der Waals surface area contributed by atoms with Gasteiger partial charge in [0.05, 0.1) is 25.3 Å². The highest BCUT2D eigenvalue weighted by Gasteiger charge is 2.40. The molecule has 3 rings (SSSR count). The normalized spacial score (nSPS) is 24.7. The van der Waals surface area contributed by atoms with Gasteiger partial charge in [-0.3, -0.25) is 0 Å². The monoisotopic (exact) mass is 274 g/mol. The summed E-state index contributed by atoms with van der Waals surface area (Å²) in [5, 5.41) is 3.05. The Kier molecular flexibility index (Phi) is 4.21. The molecule has 0 saturated carbocycles. The molecule has 2 aliphatic heterocycles. The van der Waals surface area contributed by atoms with Crippen LogP contribution in [-0.2, 0) is 11.2 Å². The zero-order chi connectivity index (χ0) is 13.8. The third-order valence-electron chi connectivity index (χ3n) is 4.24. The maximum atomic E-state index is 12.2. The fraction of sp³-hybridized carbons (Fsp3) is 0.562. The van der Waals surface area contributed by atoms with Crippen LogP contribution in [0.25, 0.3) is 0 Å². The van der Waals surface area contributed by atoms with Gasteiger partial charge in [-0.25, -0.2) is 4.79 Å². The number of hydrogen-bond donors (Lipinski definition) is 1. The molecule has 4 nitrogen and oxygen atoms in total. The molecule has 0 spiro atoms. The number of carbonyl (C=O) groups is 1. The molecule has 0 aliphatic carbocycles. The van der Waals surface area contributed by atoms with Crippen molar-refractivity contribution in [2.45, 2.75) is 37.8 Å². The highest BCUT2D eigenvalue weighted by atomic mass is 16.5. The van der Waals surface area contributed by atoms with Crippen LogP contribution in [0, 0.1) is 0 Å². The number of ether oxygens (including phenoxy) is 1. The number of morpholine rings is 1. The van der Waals surface area contributed by atoms with E-state index in [1.807, 2.05) is 11.0 Å². The lowest BCUT2D eigenvalue weighted by Gasteiger charge is -2.34. The average molecular weight is 274 g/mol. The molecule has 1 aromatic carbocycles. The van der Waals surface area contributed by atoms with E-state index in [2.05, 4.69) is 29.6 Å². The Labute approximate surface area is 120 Å². The van der Waals surface area contributed by atoms with Crippen LogP contribution in [0.3, 0.4) is 0 Å². The van der Waals surface area contributed by atoms with Gasteiger partial charge in [-0.05, 0) is 31.2 Å². The van der Waals surface area contributed by atoms with E-state index in [9.17, 15) is 4.79 Å². The maximum absolute atomic E-state index is 12.2. The first-order chi connectivity index (χ1) is 9.84. The van der Waals surface area contributed by atoms with Gasteiger partial charge >= 0.3 is 6.03 Å². The SMILES string of the molecule is O=C(NCCCc1ccccc1)N1[C@@H]2CC[C@H]1COC2. The van der Waals surface area contributed by atoms with Gasteiger partial charge in [0, 0.05) is 6.54 Å². The highest BCUT2D eigenvalue weighted by molar-refractivity contribution is 5.75. The van der Waals surface area contributed by atoms with Crippen LogP contribution in [-0.4, -0.2) is 42.8 Å². The Morgan fingerprint density at radius 3 is 2.60 bits per heavy atom. The fourth-order valence-electron chi connectivity index (χ4n) is 3.18. The quantitative estimate of drug-likeness (QED) is 0.855. The second-order valence-electron chi connectivity index (χ2n) is 5.65. The second-order valence-corrected chi connectivity index (χ2v) is 5.65. The summed E-state index contributed by atoms with van der Waals surface area (Å²) >= 11 is 0. The molecular weight excluding hydrogens is 252 g/mol. The van der Waals surface area contributed by atoms with E-state index < -0.39 is 0 Å². The van der Waals surface area contributed by atoms with Crippen LogP contribution in [0.1, 0.15) is 24.8 Å². The molecule has 0 radical (unpaired) electrons. The number of benzene rings is 1. The minimum absolute atomic E-state index is 0.0915. The molecule has 2 amide bonds. The Balaban J connectivity index is 1.41. The number of urea groups is 1. The fourth-order valence-corrected chi connectivity index (χ4v) is 3.18. The van der Waals surface area contributed by atoms with Crippen LogP contribution in [0.5, 0.6) is 0 Å². The Hall–Kier alpha value is -1.55. The smallest absolute Gasteiger partial charge is 0.318 e. The van der Waals surface area contributed by atoms with Crippen LogP contribution in [0.4, 0.5) is 4.79 Å². The third-order valence-corrected chi connectivity index (χ3v) is 4.24. The van der Waals surface area contributed by atoms with Gasteiger partial charge in [-0.1, -0.05) is 30.3 Å². The number of nitrogens with zero attached hydrogens (tertiary/aromatic N) is 1. The summed E-state index contributed by atoms with van der Waals surface area (Å²) in [6.07, 6.45) is 4.16. The van der Waals surface area contributed by atoms with Crippen molar-refractivity contribution in [2.75, 3.05) is 19.8 Å². The van der Waals surface area contributed by atoms with Gasteiger partial charge in [0.15, 0.2) is 0 Å². The zero-order valence-corrected chi connectivity index (χ0v) is 11.8. The molecule has 1 N–H and O–H groups in total. The third kappa shape index (κ3) is 2.96. The largest absolute Gasteiger partial charge is 0.377 e. The molecule has 2 bridgehead atoms. The van der Waals surface area contributed by atoms with Gasteiger partial charge in [-0.2, -0.15) is 0 Å². The van der Waals surface area contributed by atoms with Crippen molar-refractivity contribution in [3.05, 3.63) is 35.9 Å². The van der Waals surface area contributed by atoms with Crippen molar-refractivity contribution < 1.29 is 9.53 Å². The summed E-state index contributed by atoms with van der Waals surface area (Å²) in [6, 6.07) is 11.1. The molecule has 0 aromatic heterocycles. The molecule has 2 saturated heterocycles. The van der Waals surface area contributed by atoms with Crippen molar-refractivity contribution in [2.24, 2.45) is 0 Å². The number of fused-ring (bicyclic) bond motifs is 2. The molecule has 1 aromatic rings. The summed E-state index contributed by atoms with van der Waals surface area (Å²) in [6.45, 7) is 2.15. The van der Waals surface area contributed by atoms with Crippen molar-refractivity contribution in [1.29, 1.82) is 0 Å². The maximum Gasteiger partial charge on any atom is 0.318 e. The Morgan fingerprint density at radius 2 is 1.90 bits per heavy atom. The van der Waals surface area contributed by atoms with E-state index >= 15 is 0 Å². The Bertz CT molecular complexity index is 433. The van der Waals surface area contributed by atoms with E-state index in [0.29, 0.717) is 25.3 Å². The van der Waals surface area contributed by atoms with Crippen LogP contribution in [0.2, 0.25) is 0 Å². The first-order valence-electron chi connectivity index (χ1n) is 7.52. The van der Waals surface area contributed by atoms with Crippen molar-refractivity contribution >= 4 is 6.03 Å². The molecule has 2 fully saturated rings. The van der Waals surface area contributed by atoms with E-state index in [0.717, 1.165) is 32.2 Å². The van der Waals surface area contributed by atoms with Crippen LogP contribution in [0.15, 0.2) is 30.3 Å². The van der Waals surface area contributed by atoms with E-state index in [-0.39, 0.29) is 6.03 Å². The van der Waals surface area contributed by atoms with Crippen molar-refractivity contribution in [3.63, 3.8) is 0 Å². The average Bonchev–Trinajstić information content (AvgIpc) is 2.74. The lowest BCUT2D eigenvalue weighted by Crippen LogP contribution is -2.53. The summed E-state index contributed by atoms with van der Waals surface area (Å²) in [7, 11) is 0. The molecule has 108 valence electrons. The molecule has 2 aliphatic rings. The standard InChI is InChI=1S/C16H22N2O2/c19-16(18-14-8-9-15(18)12-20-11-14)17-10-4-7-13-5-2-1-3-6-13/h1-3,5-6,14-15H,4,7-12H2,(H,17,19)/t14-,15+. The number of hydrogen-bond acceptors (Lipinski definition) is 2. The number of carbonyl (C=O) groups excluding carboxylic acids is 1. The van der Waals surface area contributed by atoms with Gasteiger partial charge in [-0.15, -0.1) is 0 Å². The first-order valence-corrected chi connectivity index (χ1v) is 7.52. The van der Waals surface area contributed by atoms with Gasteiger partial charge in [0.1, 0.15) is 0 Å². The predicted octanol–water partition coefficient (Wildman–Crippen LogP) is 2.19. The molecule has 2 heterocycles. The molecule has 20 heavy (non-hydrogen) atoms. The van der Waals surface area contributed by atoms with Gasteiger partial charge < -0.3 is 15.0 Å². The number of aryl methyl sites for hydroxylation is 1. The van der Waals surface area contributed by atoms with Crippen molar-refractivity contribution in [1.82, 2.24) is 10.2 Å². The predicted molar refractivity (Wildman–Crippen MR) is 77.6 cm³/mol. The first kappa shape index (κ1) is 13.4. The molecule has 0 unspecified atom stereocenters. The van der Waals surface area contributed by atoms with Gasteiger partial charge in [0.25, 0.3) is 0 Å². The highest BCUT2D eigenvalue weighted by Crippen LogP contribution is 2.28. The topological polar surface area (TPSA) is 41.6 Å². The van der Waals surface area contributed by atoms with Crippen molar-refractivity contribution in [3.8, 4) is 0 Å².